The first-order valence-electron chi connectivity index (χ1n) is 5.88. The second-order valence-corrected chi connectivity index (χ2v) is 5.07. The van der Waals surface area contributed by atoms with Crippen LogP contribution >= 0.6 is 11.6 Å². The normalized spacial score (nSPS) is 17.2. The summed E-state index contributed by atoms with van der Waals surface area (Å²) >= 11 is 5.46. The number of amides is 1. The van der Waals surface area contributed by atoms with Crippen molar-refractivity contribution in [2.45, 2.75) is 30.8 Å². The summed E-state index contributed by atoms with van der Waals surface area (Å²) in [5.41, 5.74) is 1.65. The fourth-order valence-corrected chi connectivity index (χ4v) is 1.94. The van der Waals surface area contributed by atoms with Crippen LogP contribution in [0.25, 0.3) is 0 Å². The molecule has 1 aromatic carbocycles. The Kier molecular flexibility index (Phi) is 3.84. The third-order valence-electron chi connectivity index (χ3n) is 3.29. The van der Waals surface area contributed by atoms with Crippen molar-refractivity contribution in [2.75, 3.05) is 5.43 Å². The lowest BCUT2D eigenvalue weighted by Gasteiger charge is -2.41. The molecule has 0 atom stereocenters. The monoisotopic (exact) mass is 308 g/mol. The van der Waals surface area contributed by atoms with Crippen LogP contribution in [-0.2, 0) is 4.79 Å². The summed E-state index contributed by atoms with van der Waals surface area (Å²) in [6, 6.07) is 3.46. The number of nitrogens with one attached hydrogen (secondary N) is 2. The van der Waals surface area contributed by atoms with Crippen molar-refractivity contribution in [3.05, 3.63) is 29.0 Å². The van der Waals surface area contributed by atoms with E-state index in [4.69, 9.17) is 11.6 Å². The van der Waals surface area contributed by atoms with Crippen LogP contribution in [0.15, 0.2) is 18.2 Å². The van der Waals surface area contributed by atoms with E-state index in [-0.39, 0.29) is 23.6 Å². The molecule has 0 aromatic heterocycles. The largest absolute Gasteiger partial charge is 0.383 e. The van der Waals surface area contributed by atoms with Gasteiger partial charge in [0.15, 0.2) is 0 Å². The summed E-state index contributed by atoms with van der Waals surface area (Å²) < 4.78 is 40.5. The number of carbonyl (C=O) groups is 1. The number of benzene rings is 1. The van der Waals surface area contributed by atoms with Crippen molar-refractivity contribution < 1.29 is 23.1 Å². The van der Waals surface area contributed by atoms with Crippen LogP contribution < -0.4 is 10.9 Å². The summed E-state index contributed by atoms with van der Waals surface area (Å²) in [7, 11) is 0. The van der Waals surface area contributed by atoms with Gasteiger partial charge in [-0.15, -0.1) is 0 Å². The topological polar surface area (TPSA) is 61.4 Å². The number of carbonyl (C=O) groups excluding carboxylic acids is 1. The average molecular weight is 309 g/mol. The van der Waals surface area contributed by atoms with E-state index in [1.165, 1.54) is 12.1 Å². The molecule has 1 aliphatic rings. The van der Waals surface area contributed by atoms with E-state index in [1.54, 1.807) is 5.43 Å². The van der Waals surface area contributed by atoms with Gasteiger partial charge < -0.3 is 5.11 Å². The van der Waals surface area contributed by atoms with E-state index in [0.29, 0.717) is 6.42 Å². The molecule has 0 saturated heterocycles. The molecule has 1 aromatic rings. The zero-order valence-electron chi connectivity index (χ0n) is 10.2. The molecule has 0 aliphatic heterocycles. The molecular formula is C12H12ClF3N2O2. The molecule has 110 valence electrons. The minimum absolute atomic E-state index is 0.0525. The Hall–Kier alpha value is -1.47. The Bertz CT molecular complexity index is 535. The van der Waals surface area contributed by atoms with E-state index in [0.717, 1.165) is 6.07 Å². The highest BCUT2D eigenvalue weighted by molar-refractivity contribution is 6.30. The third-order valence-corrected chi connectivity index (χ3v) is 3.60. The molecule has 4 nitrogen and oxygen atoms in total. The minimum atomic E-state index is -3.91. The number of anilines is 1. The van der Waals surface area contributed by atoms with Crippen LogP contribution in [0.4, 0.5) is 18.9 Å². The Morgan fingerprint density at radius 1 is 1.40 bits per heavy atom. The fourth-order valence-electron chi connectivity index (χ4n) is 1.82. The molecule has 0 unspecified atom stereocenters. The van der Waals surface area contributed by atoms with Crippen molar-refractivity contribution in [2.24, 2.45) is 0 Å². The van der Waals surface area contributed by atoms with E-state index >= 15 is 0 Å². The second kappa shape index (κ2) is 5.14. The summed E-state index contributed by atoms with van der Waals surface area (Å²) in [6.45, 7) is 0. The first-order valence-corrected chi connectivity index (χ1v) is 6.26. The van der Waals surface area contributed by atoms with Crippen molar-refractivity contribution in [1.82, 2.24) is 5.43 Å². The molecule has 1 fully saturated rings. The Balaban J connectivity index is 1.99. The Morgan fingerprint density at radius 3 is 2.55 bits per heavy atom. The predicted molar refractivity (Wildman–Crippen MR) is 66.9 cm³/mol. The molecule has 1 saturated carbocycles. The highest BCUT2D eigenvalue weighted by Gasteiger charge is 2.61. The summed E-state index contributed by atoms with van der Waals surface area (Å²) in [5, 5.41) is 9.44. The molecule has 1 aliphatic carbocycles. The van der Waals surface area contributed by atoms with Crippen molar-refractivity contribution in [3.63, 3.8) is 0 Å². The van der Waals surface area contributed by atoms with Crippen LogP contribution in [0, 0.1) is 5.82 Å². The molecule has 0 spiro atoms. The molecule has 3 N–H and O–H groups in total. The smallest absolute Gasteiger partial charge is 0.354 e. The SMILES string of the molecule is O=C(NNc1ccc(Cl)c(F)c1)C(F)(F)C1(O)CCC1. The van der Waals surface area contributed by atoms with Gasteiger partial charge in [-0.1, -0.05) is 11.6 Å². The number of alkyl halides is 2. The molecule has 20 heavy (non-hydrogen) atoms. The van der Waals surface area contributed by atoms with Crippen LogP contribution in [0.2, 0.25) is 5.02 Å². The summed E-state index contributed by atoms with van der Waals surface area (Å²) in [6.07, 6.45) is 0.168. The average Bonchev–Trinajstić information content (AvgIpc) is 2.36. The van der Waals surface area contributed by atoms with Crippen molar-refractivity contribution in [3.8, 4) is 0 Å². The van der Waals surface area contributed by atoms with Gasteiger partial charge >= 0.3 is 11.8 Å². The van der Waals surface area contributed by atoms with E-state index in [9.17, 15) is 23.1 Å². The van der Waals surface area contributed by atoms with E-state index < -0.39 is 23.2 Å². The first kappa shape index (κ1) is 14.9. The molecule has 0 heterocycles. The minimum Gasteiger partial charge on any atom is -0.383 e. The molecule has 1 amide bonds. The maximum Gasteiger partial charge on any atom is 0.354 e. The summed E-state index contributed by atoms with van der Waals surface area (Å²) in [5.74, 6) is -6.34. The highest BCUT2D eigenvalue weighted by atomic mass is 35.5. The van der Waals surface area contributed by atoms with Gasteiger partial charge in [0.1, 0.15) is 11.4 Å². The standard InChI is InChI=1S/C12H12ClF3N2O2/c13-8-3-2-7(6-9(8)14)17-18-10(19)12(15,16)11(20)4-1-5-11/h2-3,6,17,20H,1,4-5H2,(H,18,19). The molecule has 0 bridgehead atoms. The Morgan fingerprint density at radius 2 is 2.05 bits per heavy atom. The lowest BCUT2D eigenvalue weighted by Crippen LogP contribution is -2.61. The molecule has 8 heteroatoms. The first-order chi connectivity index (χ1) is 9.26. The molecular weight excluding hydrogens is 297 g/mol. The van der Waals surface area contributed by atoms with Crippen molar-refractivity contribution in [1.29, 1.82) is 0 Å². The van der Waals surface area contributed by atoms with Gasteiger partial charge in [0.25, 0.3) is 0 Å². The maximum absolute atomic E-state index is 13.7. The van der Waals surface area contributed by atoms with Gasteiger partial charge in [-0.25, -0.2) is 4.39 Å². The quantitative estimate of drug-likeness (QED) is 0.749. The van der Waals surface area contributed by atoms with Gasteiger partial charge in [-0.3, -0.25) is 15.6 Å². The van der Waals surface area contributed by atoms with Gasteiger partial charge in [0, 0.05) is 6.07 Å². The number of aliphatic hydroxyl groups is 1. The number of hydrogen-bond donors (Lipinski definition) is 3. The number of hydrogen-bond acceptors (Lipinski definition) is 3. The number of rotatable bonds is 4. The van der Waals surface area contributed by atoms with Gasteiger partial charge in [0.2, 0.25) is 0 Å². The maximum atomic E-state index is 13.7. The zero-order valence-corrected chi connectivity index (χ0v) is 11.0. The lowest BCUT2D eigenvalue weighted by atomic mass is 9.75. The van der Waals surface area contributed by atoms with Crippen LogP contribution in [0.1, 0.15) is 19.3 Å². The highest BCUT2D eigenvalue weighted by Crippen LogP contribution is 2.44. The third kappa shape index (κ3) is 2.55. The zero-order chi connectivity index (χ0) is 15.0. The van der Waals surface area contributed by atoms with Crippen LogP contribution in [0.3, 0.4) is 0 Å². The van der Waals surface area contributed by atoms with E-state index in [2.05, 4.69) is 5.43 Å². The number of hydrazine groups is 1. The van der Waals surface area contributed by atoms with Crippen LogP contribution in [0.5, 0.6) is 0 Å². The Labute approximate surface area is 117 Å². The summed E-state index contributed by atoms with van der Waals surface area (Å²) in [4.78, 5) is 11.4. The van der Waals surface area contributed by atoms with Crippen molar-refractivity contribution >= 4 is 23.2 Å². The molecule has 0 radical (unpaired) electrons. The second-order valence-electron chi connectivity index (χ2n) is 4.67. The predicted octanol–water partition coefficient (Wildman–Crippen LogP) is 2.47. The number of halogens is 4. The lowest BCUT2D eigenvalue weighted by molar-refractivity contribution is -0.215. The van der Waals surface area contributed by atoms with E-state index in [1.807, 2.05) is 0 Å². The molecule has 2 rings (SSSR count). The van der Waals surface area contributed by atoms with Crippen LogP contribution in [-0.4, -0.2) is 22.5 Å². The van der Waals surface area contributed by atoms with Gasteiger partial charge in [-0.2, -0.15) is 8.78 Å². The van der Waals surface area contributed by atoms with Gasteiger partial charge in [-0.05, 0) is 31.4 Å². The fraction of sp³-hybridized carbons (Fsp3) is 0.417. The van der Waals surface area contributed by atoms with Gasteiger partial charge in [0.05, 0.1) is 10.7 Å².